The molecule has 1 N–H and O–H groups in total. The molecule has 4 rings (SSSR count). The minimum atomic E-state index is -4.59. The maximum Gasteiger partial charge on any atom is 0.399 e. The highest BCUT2D eigenvalue weighted by Gasteiger charge is 2.39. The van der Waals surface area contributed by atoms with Gasteiger partial charge in [-0.15, -0.1) is 0 Å². The molecule has 174 valence electrons. The van der Waals surface area contributed by atoms with Gasteiger partial charge in [0.25, 0.3) is 11.8 Å². The van der Waals surface area contributed by atoms with Gasteiger partial charge in [-0.05, 0) is 47.5 Å². The van der Waals surface area contributed by atoms with E-state index in [9.17, 15) is 22.8 Å². The number of amides is 2. The molecule has 34 heavy (non-hydrogen) atoms. The summed E-state index contributed by atoms with van der Waals surface area (Å²) >= 11 is 17.6. The van der Waals surface area contributed by atoms with Gasteiger partial charge >= 0.3 is 6.18 Å². The van der Waals surface area contributed by atoms with Crippen molar-refractivity contribution in [3.05, 3.63) is 104 Å². The van der Waals surface area contributed by atoms with E-state index in [1.807, 2.05) is 0 Å². The average molecular weight is 526 g/mol. The number of halogens is 6. The molecule has 1 aliphatic rings. The number of nitrogens with zero attached hydrogens (tertiary/aromatic N) is 1. The van der Waals surface area contributed by atoms with Crippen molar-refractivity contribution in [3.8, 4) is 0 Å². The van der Waals surface area contributed by atoms with Crippen LogP contribution in [-0.4, -0.2) is 23.0 Å². The summed E-state index contributed by atoms with van der Waals surface area (Å²) in [4.78, 5) is 24.9. The number of hydrogen-bond donors (Lipinski definition) is 1. The highest BCUT2D eigenvalue weighted by atomic mass is 35.5. The first-order chi connectivity index (χ1) is 16.1. The zero-order valence-corrected chi connectivity index (χ0v) is 19.3. The molecule has 3 aromatic carbocycles. The lowest BCUT2D eigenvalue weighted by Gasteiger charge is -2.18. The lowest BCUT2D eigenvalue weighted by Crippen LogP contribution is -2.35. The van der Waals surface area contributed by atoms with Crippen LogP contribution < -0.4 is 5.43 Å². The van der Waals surface area contributed by atoms with Crippen molar-refractivity contribution in [1.82, 2.24) is 5.01 Å². The van der Waals surface area contributed by atoms with Gasteiger partial charge in [-0.25, -0.2) is 0 Å². The van der Waals surface area contributed by atoms with Crippen LogP contribution in [-0.2, 0) is 0 Å². The molecule has 0 bridgehead atoms. The van der Waals surface area contributed by atoms with Crippen LogP contribution in [0.25, 0.3) is 6.08 Å². The molecular weight excluding hydrogens is 512 g/mol. The molecule has 2 amide bonds. The summed E-state index contributed by atoms with van der Waals surface area (Å²) in [6.45, 7) is 0. The molecule has 0 radical (unpaired) electrons. The van der Waals surface area contributed by atoms with Crippen LogP contribution in [0.1, 0.15) is 37.8 Å². The maximum atomic E-state index is 13.7. The van der Waals surface area contributed by atoms with Crippen LogP contribution in [0.5, 0.6) is 0 Å². The van der Waals surface area contributed by atoms with Gasteiger partial charge in [-0.3, -0.25) is 15.0 Å². The van der Waals surface area contributed by atoms with Crippen molar-refractivity contribution in [2.75, 3.05) is 5.43 Å². The molecule has 1 atom stereocenters. The first kappa shape index (κ1) is 24.1. The molecule has 0 aromatic heterocycles. The highest BCUT2D eigenvalue weighted by Crippen LogP contribution is 2.41. The van der Waals surface area contributed by atoms with Crippen molar-refractivity contribution in [1.29, 1.82) is 0 Å². The van der Waals surface area contributed by atoms with E-state index in [2.05, 4.69) is 5.43 Å². The molecule has 1 unspecified atom stereocenters. The molecule has 0 spiro atoms. The number of nitrogens with one attached hydrogen (secondary N) is 1. The Kier molecular flexibility index (Phi) is 6.62. The zero-order chi connectivity index (χ0) is 24.6. The summed E-state index contributed by atoms with van der Waals surface area (Å²) in [7, 11) is 0. The third-order valence-electron chi connectivity index (χ3n) is 5.14. The third-order valence-corrected chi connectivity index (χ3v) is 6.34. The van der Waals surface area contributed by atoms with E-state index < -0.39 is 23.9 Å². The fourth-order valence-corrected chi connectivity index (χ4v) is 4.07. The number of hydrazine groups is 1. The van der Waals surface area contributed by atoms with Gasteiger partial charge in [0.15, 0.2) is 0 Å². The van der Waals surface area contributed by atoms with E-state index in [-0.39, 0.29) is 20.6 Å². The van der Waals surface area contributed by atoms with Gasteiger partial charge in [0.1, 0.15) is 0 Å². The second kappa shape index (κ2) is 9.33. The molecular formula is C24H14Cl3F3N2O2. The van der Waals surface area contributed by atoms with Crippen LogP contribution >= 0.6 is 34.8 Å². The van der Waals surface area contributed by atoms with Crippen LogP contribution in [0.2, 0.25) is 15.1 Å². The van der Waals surface area contributed by atoms with Gasteiger partial charge in [-0.2, -0.15) is 18.2 Å². The van der Waals surface area contributed by atoms with Gasteiger partial charge < -0.3 is 0 Å². The monoisotopic (exact) mass is 524 g/mol. The number of rotatable bonds is 5. The number of allylic oxidation sites excluding steroid dienone is 1. The quantitative estimate of drug-likeness (QED) is 0.275. The van der Waals surface area contributed by atoms with Crippen LogP contribution in [0.15, 0.2) is 66.7 Å². The predicted octanol–water partition coefficient (Wildman–Crippen LogP) is 7.63. The Labute approximate surface area is 207 Å². The molecule has 0 aliphatic carbocycles. The lowest BCUT2D eigenvalue weighted by molar-refractivity contribution is -0.139. The smallest absolute Gasteiger partial charge is 0.288 e. The fourth-order valence-electron chi connectivity index (χ4n) is 3.46. The second-order valence-corrected chi connectivity index (χ2v) is 8.59. The predicted molar refractivity (Wildman–Crippen MR) is 126 cm³/mol. The van der Waals surface area contributed by atoms with Gasteiger partial charge in [-0.1, -0.05) is 71.2 Å². The number of carbonyl (C=O) groups is 2. The molecule has 0 fully saturated rings. The Hall–Kier alpha value is -3.00. The number of fused-ring (bicyclic) bond motifs is 1. The Bertz CT molecular complexity index is 1250. The normalized spacial score (nSPS) is 14.6. The Morgan fingerprint density at radius 3 is 1.88 bits per heavy atom. The SMILES string of the molecule is O=C1c2ccccc2C(=O)N1Nc1ccc(/C=C/C(c2cc(Cl)c(Cl)c(Cl)c2)C(F)(F)F)cc1. The number of benzene rings is 3. The van der Waals surface area contributed by atoms with Crippen molar-refractivity contribution >= 4 is 58.4 Å². The fraction of sp³-hybridized carbons (Fsp3) is 0.0833. The van der Waals surface area contributed by atoms with Crippen molar-refractivity contribution < 1.29 is 22.8 Å². The van der Waals surface area contributed by atoms with E-state index >= 15 is 0 Å². The summed E-state index contributed by atoms with van der Waals surface area (Å²) in [6.07, 6.45) is -2.30. The summed E-state index contributed by atoms with van der Waals surface area (Å²) in [5.74, 6) is -2.94. The second-order valence-electron chi connectivity index (χ2n) is 7.40. The van der Waals surface area contributed by atoms with Crippen molar-refractivity contribution in [3.63, 3.8) is 0 Å². The molecule has 0 saturated carbocycles. The Morgan fingerprint density at radius 1 is 0.853 bits per heavy atom. The first-order valence-electron chi connectivity index (χ1n) is 9.80. The molecule has 10 heteroatoms. The molecule has 0 saturated heterocycles. The highest BCUT2D eigenvalue weighted by molar-refractivity contribution is 6.48. The van der Waals surface area contributed by atoms with Crippen LogP contribution in [0, 0.1) is 0 Å². The summed E-state index contributed by atoms with van der Waals surface area (Å²) in [5.41, 5.74) is 4.05. The zero-order valence-electron chi connectivity index (χ0n) is 17.0. The largest absolute Gasteiger partial charge is 0.399 e. The molecule has 1 heterocycles. The van der Waals surface area contributed by atoms with Gasteiger partial charge in [0.2, 0.25) is 0 Å². The maximum absolute atomic E-state index is 13.7. The van der Waals surface area contributed by atoms with Crippen molar-refractivity contribution in [2.45, 2.75) is 12.1 Å². The minimum absolute atomic E-state index is 0.0156. The van der Waals surface area contributed by atoms with E-state index in [0.29, 0.717) is 22.4 Å². The number of hydrogen-bond acceptors (Lipinski definition) is 3. The molecule has 4 nitrogen and oxygen atoms in total. The molecule has 3 aromatic rings. The summed E-state index contributed by atoms with van der Waals surface area (Å²) in [6, 6.07) is 14.9. The minimum Gasteiger partial charge on any atom is -0.288 e. The van der Waals surface area contributed by atoms with Crippen molar-refractivity contribution in [2.24, 2.45) is 0 Å². The van der Waals surface area contributed by atoms with E-state index in [1.165, 1.54) is 6.08 Å². The number of alkyl halides is 3. The van der Waals surface area contributed by atoms with E-state index in [1.54, 1.807) is 48.5 Å². The Balaban J connectivity index is 1.52. The first-order valence-corrected chi connectivity index (χ1v) is 10.9. The average Bonchev–Trinajstić information content (AvgIpc) is 3.03. The topological polar surface area (TPSA) is 49.4 Å². The Morgan fingerprint density at radius 2 is 1.38 bits per heavy atom. The number of carbonyl (C=O) groups excluding carboxylic acids is 2. The van der Waals surface area contributed by atoms with E-state index in [4.69, 9.17) is 34.8 Å². The lowest BCUT2D eigenvalue weighted by atomic mass is 9.97. The summed E-state index contributed by atoms with van der Waals surface area (Å²) in [5, 5.41) is 0.729. The number of imide groups is 1. The summed E-state index contributed by atoms with van der Waals surface area (Å²) < 4.78 is 41.1. The van der Waals surface area contributed by atoms with Gasteiger partial charge in [0, 0.05) is 0 Å². The third kappa shape index (κ3) is 4.78. The van der Waals surface area contributed by atoms with Gasteiger partial charge in [0.05, 0.1) is 37.8 Å². The standard InChI is InChI=1S/C24H14Cl3F3N2O2/c25-19-11-14(12-20(26)21(19)27)18(24(28,29)30)10-7-13-5-8-15(9-6-13)31-32-22(33)16-3-1-2-4-17(16)23(32)34/h1-12,18,31H/b10-7+. The molecule has 1 aliphatic heterocycles. The van der Waals surface area contributed by atoms with Crippen LogP contribution in [0.4, 0.5) is 18.9 Å². The van der Waals surface area contributed by atoms with E-state index in [0.717, 1.165) is 23.2 Å². The number of anilines is 1. The van der Waals surface area contributed by atoms with Crippen LogP contribution in [0.3, 0.4) is 0 Å².